The molecule has 31 heavy (non-hydrogen) atoms. The van der Waals surface area contributed by atoms with Crippen LogP contribution in [0.25, 0.3) is 0 Å². The Hall–Kier alpha value is -2.56. The van der Waals surface area contributed by atoms with Crippen molar-refractivity contribution in [3.63, 3.8) is 0 Å². The third-order valence-electron chi connectivity index (χ3n) is 7.12. The molecule has 1 saturated heterocycles. The van der Waals surface area contributed by atoms with Crippen LogP contribution in [0.1, 0.15) is 78.3 Å². The average Bonchev–Trinajstić information content (AvgIpc) is 3.12. The Kier molecular flexibility index (Phi) is 6.79. The Balaban J connectivity index is 1.33. The predicted octanol–water partition coefficient (Wildman–Crippen LogP) is 4.78. The summed E-state index contributed by atoms with van der Waals surface area (Å²) in [6.07, 6.45) is 7.79. The minimum absolute atomic E-state index is 0.0116. The molecule has 1 aliphatic heterocycles. The second-order valence-corrected chi connectivity index (χ2v) is 9.22. The first-order chi connectivity index (χ1) is 15.0. The Labute approximate surface area is 185 Å². The zero-order valence-corrected chi connectivity index (χ0v) is 18.9. The first kappa shape index (κ1) is 21.7. The lowest BCUT2D eigenvalue weighted by atomic mass is 9.94. The molecule has 1 aromatic heterocycles. The number of amides is 2. The molecule has 166 valence electrons. The number of hydrogen-bond acceptors (Lipinski definition) is 2. The van der Waals surface area contributed by atoms with Gasteiger partial charge in [0.05, 0.1) is 5.56 Å². The van der Waals surface area contributed by atoms with Crippen molar-refractivity contribution in [3.8, 4) is 0 Å². The molecule has 1 N–H and O–H groups in total. The predicted molar refractivity (Wildman–Crippen MR) is 123 cm³/mol. The quantitative estimate of drug-likeness (QED) is 0.755. The molecule has 5 heteroatoms. The molecule has 0 atom stereocenters. The van der Waals surface area contributed by atoms with Gasteiger partial charge in [0.15, 0.2) is 0 Å². The van der Waals surface area contributed by atoms with Crippen molar-refractivity contribution >= 4 is 11.8 Å². The Bertz CT molecular complexity index is 904. The van der Waals surface area contributed by atoms with Crippen LogP contribution >= 0.6 is 0 Å². The topological polar surface area (TPSA) is 54.3 Å². The van der Waals surface area contributed by atoms with Crippen LogP contribution in [0.4, 0.5) is 0 Å². The van der Waals surface area contributed by atoms with Crippen molar-refractivity contribution in [3.05, 3.63) is 58.9 Å². The summed E-state index contributed by atoms with van der Waals surface area (Å²) in [6, 6.07) is 12.6. The first-order valence-electron chi connectivity index (χ1n) is 11.8. The highest BCUT2D eigenvalue weighted by Crippen LogP contribution is 2.33. The maximum absolute atomic E-state index is 13.3. The number of likely N-dealkylation sites (tertiary alicyclic amines) is 1. The van der Waals surface area contributed by atoms with Gasteiger partial charge in [0.2, 0.25) is 5.91 Å². The fraction of sp³-hybridized carbons (Fsp3) is 0.538. The van der Waals surface area contributed by atoms with Gasteiger partial charge in [0.1, 0.15) is 0 Å². The summed E-state index contributed by atoms with van der Waals surface area (Å²) in [4.78, 5) is 27.8. The Morgan fingerprint density at radius 2 is 1.65 bits per heavy atom. The number of hydrogen-bond donors (Lipinski definition) is 1. The maximum Gasteiger partial charge on any atom is 0.255 e. The van der Waals surface area contributed by atoms with Crippen LogP contribution in [-0.4, -0.2) is 34.4 Å². The van der Waals surface area contributed by atoms with Crippen LogP contribution < -0.4 is 5.32 Å². The van der Waals surface area contributed by atoms with Crippen LogP contribution in [0.15, 0.2) is 36.4 Å². The van der Waals surface area contributed by atoms with E-state index in [-0.39, 0.29) is 17.7 Å². The van der Waals surface area contributed by atoms with E-state index in [1.807, 2.05) is 35.2 Å². The van der Waals surface area contributed by atoms with Crippen LogP contribution in [-0.2, 0) is 11.3 Å². The number of piperidine rings is 1. The minimum atomic E-state index is -0.0116. The number of carbonyl (C=O) groups excluding carboxylic acids is 2. The van der Waals surface area contributed by atoms with Crippen LogP contribution in [0.3, 0.4) is 0 Å². The third kappa shape index (κ3) is 4.86. The Morgan fingerprint density at radius 1 is 0.968 bits per heavy atom. The first-order valence-corrected chi connectivity index (χ1v) is 11.8. The summed E-state index contributed by atoms with van der Waals surface area (Å²) >= 11 is 0. The van der Waals surface area contributed by atoms with Crippen LogP contribution in [0, 0.1) is 19.8 Å². The molecule has 2 fully saturated rings. The van der Waals surface area contributed by atoms with E-state index in [1.165, 1.54) is 37.8 Å². The molecular formula is C26H35N3O2. The van der Waals surface area contributed by atoms with E-state index in [9.17, 15) is 9.59 Å². The largest absolute Gasteiger partial charge is 0.352 e. The number of carbonyl (C=O) groups is 2. The number of aryl methyl sites for hydroxylation is 1. The second kappa shape index (κ2) is 9.71. The van der Waals surface area contributed by atoms with Crippen molar-refractivity contribution in [2.75, 3.05) is 13.1 Å². The number of nitrogens with zero attached hydrogens (tertiary/aromatic N) is 2. The Morgan fingerprint density at radius 3 is 2.32 bits per heavy atom. The summed E-state index contributed by atoms with van der Waals surface area (Å²) < 4.78 is 2.40. The molecule has 2 heterocycles. The second-order valence-electron chi connectivity index (χ2n) is 9.22. The summed E-state index contributed by atoms with van der Waals surface area (Å²) in [5, 5.41) is 3.05. The van der Waals surface area contributed by atoms with Gasteiger partial charge < -0.3 is 14.8 Å². The molecule has 0 unspecified atom stereocenters. The maximum atomic E-state index is 13.3. The normalized spacial score (nSPS) is 18.2. The van der Waals surface area contributed by atoms with Crippen molar-refractivity contribution in [2.45, 2.75) is 71.4 Å². The van der Waals surface area contributed by atoms with Crippen LogP contribution in [0.2, 0.25) is 0 Å². The van der Waals surface area contributed by atoms with Gasteiger partial charge in [0, 0.05) is 43.0 Å². The fourth-order valence-electron chi connectivity index (χ4n) is 5.34. The van der Waals surface area contributed by atoms with E-state index >= 15 is 0 Å². The molecule has 1 saturated carbocycles. The van der Waals surface area contributed by atoms with Crippen LogP contribution in [0.5, 0.6) is 0 Å². The highest BCUT2D eigenvalue weighted by molar-refractivity contribution is 5.96. The van der Waals surface area contributed by atoms with Crippen molar-refractivity contribution in [2.24, 2.45) is 5.92 Å². The van der Waals surface area contributed by atoms with Gasteiger partial charge in [0.25, 0.3) is 5.91 Å². The summed E-state index contributed by atoms with van der Waals surface area (Å²) in [5.74, 6) is 0.215. The van der Waals surface area contributed by atoms with Gasteiger partial charge in [-0.2, -0.15) is 0 Å². The smallest absolute Gasteiger partial charge is 0.255 e. The van der Waals surface area contributed by atoms with Gasteiger partial charge in [-0.15, -0.1) is 0 Å². The van der Waals surface area contributed by atoms with Gasteiger partial charge in [-0.1, -0.05) is 49.6 Å². The lowest BCUT2D eigenvalue weighted by Crippen LogP contribution is -2.43. The third-order valence-corrected chi connectivity index (χ3v) is 7.12. The van der Waals surface area contributed by atoms with E-state index in [0.29, 0.717) is 25.7 Å². The van der Waals surface area contributed by atoms with E-state index in [1.54, 1.807) is 0 Å². The molecule has 1 aromatic carbocycles. The highest BCUT2D eigenvalue weighted by atomic mass is 16.2. The molecule has 0 spiro atoms. The number of nitrogens with one attached hydrogen (secondary N) is 1. The molecule has 2 aliphatic rings. The van der Waals surface area contributed by atoms with E-state index in [0.717, 1.165) is 29.7 Å². The molecule has 1 aliphatic carbocycles. The van der Waals surface area contributed by atoms with Gasteiger partial charge >= 0.3 is 0 Å². The van der Waals surface area contributed by atoms with E-state index in [2.05, 4.69) is 29.8 Å². The van der Waals surface area contributed by atoms with Gasteiger partial charge in [-0.05, 0) is 51.2 Å². The van der Waals surface area contributed by atoms with Gasteiger partial charge in [-0.25, -0.2) is 0 Å². The summed E-state index contributed by atoms with van der Waals surface area (Å²) in [5.41, 5.74) is 4.26. The number of aromatic nitrogens is 1. The SMILES string of the molecule is Cc1cc(C(=O)N2CCC(C(=O)NCc3ccccc3)CC2)c(C)n1C1CCCCC1. The molecule has 0 bridgehead atoms. The minimum Gasteiger partial charge on any atom is -0.352 e. The lowest BCUT2D eigenvalue weighted by Gasteiger charge is -2.31. The summed E-state index contributed by atoms with van der Waals surface area (Å²) in [7, 11) is 0. The lowest BCUT2D eigenvalue weighted by molar-refractivity contribution is -0.126. The molecular weight excluding hydrogens is 386 g/mol. The number of benzene rings is 1. The van der Waals surface area contributed by atoms with Gasteiger partial charge in [-0.3, -0.25) is 9.59 Å². The zero-order valence-electron chi connectivity index (χ0n) is 18.9. The fourth-order valence-corrected chi connectivity index (χ4v) is 5.34. The van der Waals surface area contributed by atoms with Crippen molar-refractivity contribution in [1.29, 1.82) is 0 Å². The van der Waals surface area contributed by atoms with E-state index in [4.69, 9.17) is 0 Å². The molecule has 5 nitrogen and oxygen atoms in total. The monoisotopic (exact) mass is 421 g/mol. The highest BCUT2D eigenvalue weighted by Gasteiger charge is 2.30. The zero-order chi connectivity index (χ0) is 21.8. The van der Waals surface area contributed by atoms with E-state index < -0.39 is 0 Å². The van der Waals surface area contributed by atoms with Crippen molar-refractivity contribution in [1.82, 2.24) is 14.8 Å². The number of rotatable bonds is 5. The summed E-state index contributed by atoms with van der Waals surface area (Å²) in [6.45, 7) is 6.08. The van der Waals surface area contributed by atoms with Crippen molar-refractivity contribution < 1.29 is 9.59 Å². The molecule has 2 aromatic rings. The average molecular weight is 422 g/mol. The molecule has 0 radical (unpaired) electrons. The standard InChI is InChI=1S/C26H35N3O2/c1-19-17-24(20(2)29(19)23-11-7-4-8-12-23)26(31)28-15-13-22(14-16-28)25(30)27-18-21-9-5-3-6-10-21/h3,5-6,9-10,17,22-23H,4,7-8,11-16,18H2,1-2H3,(H,27,30). The molecule has 2 amide bonds. The molecule has 4 rings (SSSR count).